The smallest absolute Gasteiger partial charge is 0.344 e. The zero-order chi connectivity index (χ0) is 27.1. The first-order valence-corrected chi connectivity index (χ1v) is 14.1. The SMILES string of the molecule is COc1cc(OC(=O)c2ccccc2SC)ccc1-c1ccc2c3c1CN(c1ccccc1)C3=CC(C)(C)N2. The van der Waals surface area contributed by atoms with Gasteiger partial charge in [0.25, 0.3) is 0 Å². The molecule has 0 aliphatic carbocycles. The Labute approximate surface area is 233 Å². The monoisotopic (exact) mass is 534 g/mol. The third-order valence-electron chi connectivity index (χ3n) is 7.20. The van der Waals surface area contributed by atoms with Crippen molar-refractivity contribution < 1.29 is 14.3 Å². The Kier molecular flexibility index (Phi) is 6.35. The Morgan fingerprint density at radius 2 is 1.69 bits per heavy atom. The van der Waals surface area contributed by atoms with Crippen LogP contribution >= 0.6 is 11.8 Å². The molecule has 6 rings (SSSR count). The number of carbonyl (C=O) groups is 1. The van der Waals surface area contributed by atoms with Crippen molar-refractivity contribution in [2.24, 2.45) is 0 Å². The predicted octanol–water partition coefficient (Wildman–Crippen LogP) is 7.87. The highest BCUT2D eigenvalue weighted by molar-refractivity contribution is 7.98. The molecule has 0 bridgehead atoms. The molecule has 0 spiro atoms. The van der Waals surface area contributed by atoms with Gasteiger partial charge >= 0.3 is 5.97 Å². The van der Waals surface area contributed by atoms with E-state index in [1.165, 1.54) is 28.6 Å². The molecule has 6 heteroatoms. The fraction of sp³-hybridized carbons (Fsp3) is 0.182. The summed E-state index contributed by atoms with van der Waals surface area (Å²) in [5, 5.41) is 3.69. The first-order chi connectivity index (χ1) is 18.9. The summed E-state index contributed by atoms with van der Waals surface area (Å²) >= 11 is 1.52. The van der Waals surface area contributed by atoms with Crippen molar-refractivity contribution in [1.82, 2.24) is 0 Å². The van der Waals surface area contributed by atoms with E-state index in [9.17, 15) is 4.79 Å². The second kappa shape index (κ2) is 9.86. The fourth-order valence-electron chi connectivity index (χ4n) is 5.49. The highest BCUT2D eigenvalue weighted by Crippen LogP contribution is 2.49. The maximum atomic E-state index is 12.9. The molecule has 4 aromatic carbocycles. The number of methoxy groups -OCH3 is 1. The lowest BCUT2D eigenvalue weighted by molar-refractivity contribution is 0.0731. The molecule has 0 saturated heterocycles. The fourth-order valence-corrected chi connectivity index (χ4v) is 6.07. The van der Waals surface area contributed by atoms with Crippen molar-refractivity contribution in [3.63, 3.8) is 0 Å². The van der Waals surface area contributed by atoms with Crippen LogP contribution in [0.5, 0.6) is 11.5 Å². The standard InChI is InChI=1S/C33H30N2O3S/c1-33(2)19-28-31-26(20-35(28)21-10-6-5-7-11-21)23(16-17-27(31)34-33)24-15-14-22(18-29(24)37-3)38-32(36)25-12-8-9-13-30(25)39-4/h5-19,34H,20H2,1-4H3. The summed E-state index contributed by atoms with van der Waals surface area (Å²) in [4.78, 5) is 16.2. The van der Waals surface area contributed by atoms with E-state index in [0.717, 1.165) is 33.9 Å². The Bertz CT molecular complexity index is 1610. The van der Waals surface area contributed by atoms with Gasteiger partial charge in [0.15, 0.2) is 0 Å². The molecule has 5 nitrogen and oxygen atoms in total. The van der Waals surface area contributed by atoms with Crippen LogP contribution in [-0.4, -0.2) is 24.9 Å². The van der Waals surface area contributed by atoms with E-state index in [1.807, 2.05) is 42.7 Å². The van der Waals surface area contributed by atoms with Gasteiger partial charge in [-0.2, -0.15) is 0 Å². The Morgan fingerprint density at radius 1 is 0.949 bits per heavy atom. The molecular formula is C33H30N2O3S. The first-order valence-electron chi connectivity index (χ1n) is 12.9. The van der Waals surface area contributed by atoms with E-state index in [0.29, 0.717) is 17.1 Å². The number of benzene rings is 4. The minimum absolute atomic E-state index is 0.170. The van der Waals surface area contributed by atoms with Crippen LogP contribution in [0.3, 0.4) is 0 Å². The van der Waals surface area contributed by atoms with E-state index < -0.39 is 0 Å². The number of hydrogen-bond donors (Lipinski definition) is 1. The van der Waals surface area contributed by atoms with Crippen LogP contribution in [0.4, 0.5) is 11.4 Å². The highest BCUT2D eigenvalue weighted by atomic mass is 32.2. The van der Waals surface area contributed by atoms with E-state index >= 15 is 0 Å². The quantitative estimate of drug-likeness (QED) is 0.154. The van der Waals surface area contributed by atoms with E-state index in [-0.39, 0.29) is 11.5 Å². The average Bonchev–Trinajstić information content (AvgIpc) is 3.32. The zero-order valence-electron chi connectivity index (χ0n) is 22.4. The van der Waals surface area contributed by atoms with Gasteiger partial charge in [0, 0.05) is 45.7 Å². The van der Waals surface area contributed by atoms with Gasteiger partial charge in [0.2, 0.25) is 0 Å². The lowest BCUT2D eigenvalue weighted by Crippen LogP contribution is -2.33. The molecule has 0 unspecified atom stereocenters. The van der Waals surface area contributed by atoms with Gasteiger partial charge in [-0.15, -0.1) is 11.8 Å². The van der Waals surface area contributed by atoms with Crippen LogP contribution < -0.4 is 19.7 Å². The minimum Gasteiger partial charge on any atom is -0.496 e. The number of hydrogen-bond acceptors (Lipinski definition) is 6. The molecule has 0 radical (unpaired) electrons. The molecule has 0 aromatic heterocycles. The molecule has 2 aliphatic rings. The summed E-state index contributed by atoms with van der Waals surface area (Å²) in [5.74, 6) is 0.715. The van der Waals surface area contributed by atoms with Crippen LogP contribution in [-0.2, 0) is 6.54 Å². The summed E-state index contributed by atoms with van der Waals surface area (Å²) in [6, 6.07) is 27.9. The molecule has 2 heterocycles. The van der Waals surface area contributed by atoms with Gasteiger partial charge in [0.1, 0.15) is 11.5 Å². The van der Waals surface area contributed by atoms with Crippen molar-refractivity contribution >= 4 is 34.8 Å². The number of thioether (sulfide) groups is 1. The zero-order valence-corrected chi connectivity index (χ0v) is 23.3. The predicted molar refractivity (Wildman–Crippen MR) is 160 cm³/mol. The molecule has 0 atom stereocenters. The number of nitrogens with zero attached hydrogens (tertiary/aromatic N) is 1. The van der Waals surface area contributed by atoms with Crippen LogP contribution in [0.1, 0.15) is 35.3 Å². The Morgan fingerprint density at radius 3 is 2.46 bits per heavy atom. The third kappa shape index (κ3) is 4.55. The molecule has 0 saturated carbocycles. The van der Waals surface area contributed by atoms with E-state index in [4.69, 9.17) is 9.47 Å². The maximum Gasteiger partial charge on any atom is 0.344 e. The molecular weight excluding hydrogens is 504 g/mol. The van der Waals surface area contributed by atoms with Gasteiger partial charge < -0.3 is 19.7 Å². The van der Waals surface area contributed by atoms with Gasteiger partial charge in [-0.1, -0.05) is 36.4 Å². The number of rotatable bonds is 6. The van der Waals surface area contributed by atoms with Gasteiger partial charge in [0.05, 0.1) is 18.2 Å². The van der Waals surface area contributed by atoms with Crippen LogP contribution in [0.25, 0.3) is 16.8 Å². The molecule has 0 fully saturated rings. The third-order valence-corrected chi connectivity index (χ3v) is 7.99. The molecule has 2 aliphatic heterocycles. The topological polar surface area (TPSA) is 50.8 Å². The summed E-state index contributed by atoms with van der Waals surface area (Å²) in [6.07, 6.45) is 4.26. The van der Waals surface area contributed by atoms with E-state index in [2.05, 4.69) is 66.5 Å². The maximum absolute atomic E-state index is 12.9. The van der Waals surface area contributed by atoms with E-state index in [1.54, 1.807) is 19.2 Å². The number of para-hydroxylation sites is 1. The first kappa shape index (κ1) is 25.1. The summed E-state index contributed by atoms with van der Waals surface area (Å²) in [7, 11) is 1.65. The lowest BCUT2D eigenvalue weighted by atomic mass is 9.89. The second-order valence-electron chi connectivity index (χ2n) is 10.3. The van der Waals surface area contributed by atoms with Crippen LogP contribution in [0, 0.1) is 0 Å². The second-order valence-corrected chi connectivity index (χ2v) is 11.1. The van der Waals surface area contributed by atoms with Crippen molar-refractivity contribution in [3.05, 3.63) is 108 Å². The van der Waals surface area contributed by atoms with Gasteiger partial charge in [-0.05, 0) is 79.8 Å². The lowest BCUT2D eigenvalue weighted by Gasteiger charge is -2.33. The molecule has 1 N–H and O–H groups in total. The van der Waals surface area contributed by atoms with Crippen molar-refractivity contribution in [1.29, 1.82) is 0 Å². The van der Waals surface area contributed by atoms with Gasteiger partial charge in [-0.3, -0.25) is 0 Å². The largest absolute Gasteiger partial charge is 0.496 e. The van der Waals surface area contributed by atoms with Crippen LogP contribution in [0.2, 0.25) is 0 Å². The number of carbonyl (C=O) groups excluding carboxylic acids is 1. The molecule has 4 aromatic rings. The summed E-state index contributed by atoms with van der Waals surface area (Å²) in [6.45, 7) is 5.13. The summed E-state index contributed by atoms with van der Waals surface area (Å²) in [5.41, 5.74) is 8.41. The average molecular weight is 535 g/mol. The van der Waals surface area contributed by atoms with Crippen LogP contribution in [0.15, 0.2) is 95.9 Å². The van der Waals surface area contributed by atoms with Crippen molar-refractivity contribution in [2.45, 2.75) is 30.8 Å². The Balaban J connectivity index is 1.39. The van der Waals surface area contributed by atoms with Crippen molar-refractivity contribution in [2.75, 3.05) is 23.6 Å². The molecule has 0 amide bonds. The molecule has 39 heavy (non-hydrogen) atoms. The van der Waals surface area contributed by atoms with Crippen molar-refractivity contribution in [3.8, 4) is 22.6 Å². The molecule has 196 valence electrons. The number of ether oxygens (including phenoxy) is 2. The number of anilines is 2. The Hall–Kier alpha value is -4.16. The number of esters is 1. The highest BCUT2D eigenvalue weighted by Gasteiger charge is 2.36. The van der Waals surface area contributed by atoms with Gasteiger partial charge in [-0.25, -0.2) is 4.79 Å². The number of nitrogens with one attached hydrogen (secondary N) is 1. The minimum atomic E-state index is -0.385. The normalized spacial score (nSPS) is 14.8. The summed E-state index contributed by atoms with van der Waals surface area (Å²) < 4.78 is 11.6.